The van der Waals surface area contributed by atoms with E-state index >= 15 is 0 Å². The van der Waals surface area contributed by atoms with Crippen molar-refractivity contribution in [3.63, 3.8) is 0 Å². The first kappa shape index (κ1) is 16.9. The molecule has 5 nitrogen and oxygen atoms in total. The minimum absolute atomic E-state index is 0.138. The standard InChI is InChI=1S/C18H24N4O/c1-5-14(4)21-17-12-19-16(11-20-17)18(23)22(6-2)15-9-7-8-13(3)10-15/h7-12,14H,5-6H2,1-4H3,(H,20,21). The van der Waals surface area contributed by atoms with Gasteiger partial charge in [0.2, 0.25) is 0 Å². The Bertz CT molecular complexity index is 654. The quantitative estimate of drug-likeness (QED) is 0.884. The van der Waals surface area contributed by atoms with Crippen molar-refractivity contribution in [1.29, 1.82) is 0 Å². The number of nitrogens with one attached hydrogen (secondary N) is 1. The Labute approximate surface area is 137 Å². The van der Waals surface area contributed by atoms with Crippen LogP contribution in [0.5, 0.6) is 0 Å². The molecule has 0 aliphatic heterocycles. The molecule has 0 spiro atoms. The van der Waals surface area contributed by atoms with E-state index in [4.69, 9.17) is 0 Å². The van der Waals surface area contributed by atoms with Gasteiger partial charge in [-0.1, -0.05) is 19.1 Å². The van der Waals surface area contributed by atoms with Crippen LogP contribution in [0.2, 0.25) is 0 Å². The fraction of sp³-hybridized carbons (Fsp3) is 0.389. The zero-order chi connectivity index (χ0) is 16.8. The van der Waals surface area contributed by atoms with Gasteiger partial charge in [-0.3, -0.25) is 4.79 Å². The maximum atomic E-state index is 12.7. The molecule has 0 radical (unpaired) electrons. The van der Waals surface area contributed by atoms with Crippen molar-refractivity contribution in [2.75, 3.05) is 16.8 Å². The summed E-state index contributed by atoms with van der Waals surface area (Å²) in [7, 11) is 0. The lowest BCUT2D eigenvalue weighted by atomic mass is 10.2. The first-order valence-electron chi connectivity index (χ1n) is 8.02. The summed E-state index contributed by atoms with van der Waals surface area (Å²) in [4.78, 5) is 22.9. The highest BCUT2D eigenvalue weighted by atomic mass is 16.2. The van der Waals surface area contributed by atoms with E-state index in [1.165, 1.54) is 6.20 Å². The SMILES string of the molecule is CCC(C)Nc1cnc(C(=O)N(CC)c2cccc(C)c2)cn1. The minimum atomic E-state index is -0.138. The summed E-state index contributed by atoms with van der Waals surface area (Å²) >= 11 is 0. The van der Waals surface area contributed by atoms with Crippen molar-refractivity contribution in [2.45, 2.75) is 40.2 Å². The van der Waals surface area contributed by atoms with E-state index in [-0.39, 0.29) is 5.91 Å². The van der Waals surface area contributed by atoms with Gasteiger partial charge >= 0.3 is 0 Å². The van der Waals surface area contributed by atoms with Gasteiger partial charge in [0.05, 0.1) is 12.4 Å². The second-order valence-corrected chi connectivity index (χ2v) is 5.63. The summed E-state index contributed by atoms with van der Waals surface area (Å²) in [5.74, 6) is 0.551. The fourth-order valence-corrected chi connectivity index (χ4v) is 2.25. The van der Waals surface area contributed by atoms with Crippen molar-refractivity contribution < 1.29 is 4.79 Å². The van der Waals surface area contributed by atoms with E-state index in [0.717, 1.165) is 17.7 Å². The van der Waals surface area contributed by atoms with E-state index in [1.807, 2.05) is 38.1 Å². The van der Waals surface area contributed by atoms with Crippen molar-refractivity contribution in [2.24, 2.45) is 0 Å². The Morgan fingerprint density at radius 2 is 2.04 bits per heavy atom. The molecule has 2 rings (SSSR count). The first-order valence-corrected chi connectivity index (χ1v) is 8.02. The zero-order valence-electron chi connectivity index (χ0n) is 14.2. The molecule has 2 aromatic rings. The number of hydrogen-bond acceptors (Lipinski definition) is 4. The number of anilines is 2. The molecule has 1 amide bonds. The molecule has 0 aliphatic rings. The number of aromatic nitrogens is 2. The largest absolute Gasteiger partial charge is 0.366 e. The van der Waals surface area contributed by atoms with Crippen LogP contribution in [0.15, 0.2) is 36.7 Å². The van der Waals surface area contributed by atoms with Crippen LogP contribution in [0.4, 0.5) is 11.5 Å². The Kier molecular flexibility index (Phi) is 5.68. The molecule has 122 valence electrons. The molecule has 0 fully saturated rings. The summed E-state index contributed by atoms with van der Waals surface area (Å²) in [6.07, 6.45) is 4.15. The van der Waals surface area contributed by atoms with Gasteiger partial charge in [0.15, 0.2) is 0 Å². The molecule has 23 heavy (non-hydrogen) atoms. The minimum Gasteiger partial charge on any atom is -0.366 e. The van der Waals surface area contributed by atoms with E-state index in [2.05, 4.69) is 29.1 Å². The molecule has 0 saturated heterocycles. The third kappa shape index (κ3) is 4.28. The molecular weight excluding hydrogens is 288 g/mol. The molecule has 1 aromatic heterocycles. The molecule has 1 atom stereocenters. The fourth-order valence-electron chi connectivity index (χ4n) is 2.25. The summed E-state index contributed by atoms with van der Waals surface area (Å²) in [5.41, 5.74) is 2.34. The van der Waals surface area contributed by atoms with E-state index in [9.17, 15) is 4.79 Å². The second-order valence-electron chi connectivity index (χ2n) is 5.63. The van der Waals surface area contributed by atoms with Gasteiger partial charge in [-0.15, -0.1) is 0 Å². The van der Waals surface area contributed by atoms with Crippen molar-refractivity contribution >= 4 is 17.4 Å². The number of amides is 1. The van der Waals surface area contributed by atoms with E-state index < -0.39 is 0 Å². The van der Waals surface area contributed by atoms with E-state index in [0.29, 0.717) is 24.1 Å². The monoisotopic (exact) mass is 312 g/mol. The topological polar surface area (TPSA) is 58.1 Å². The molecular formula is C18H24N4O. The molecule has 1 aromatic carbocycles. The average molecular weight is 312 g/mol. The van der Waals surface area contributed by atoms with Gasteiger partial charge in [0.1, 0.15) is 11.5 Å². The number of rotatable bonds is 6. The van der Waals surface area contributed by atoms with Crippen LogP contribution in [0.3, 0.4) is 0 Å². The summed E-state index contributed by atoms with van der Waals surface area (Å²) < 4.78 is 0. The van der Waals surface area contributed by atoms with Gasteiger partial charge in [-0.25, -0.2) is 9.97 Å². The smallest absolute Gasteiger partial charge is 0.278 e. The van der Waals surface area contributed by atoms with Crippen LogP contribution in [-0.2, 0) is 0 Å². The van der Waals surface area contributed by atoms with Crippen LogP contribution in [0, 0.1) is 6.92 Å². The Morgan fingerprint density at radius 3 is 2.61 bits per heavy atom. The average Bonchev–Trinajstić information content (AvgIpc) is 2.56. The lowest BCUT2D eigenvalue weighted by Crippen LogP contribution is -2.31. The van der Waals surface area contributed by atoms with Gasteiger partial charge < -0.3 is 10.2 Å². The maximum absolute atomic E-state index is 12.7. The number of nitrogens with zero attached hydrogens (tertiary/aromatic N) is 3. The van der Waals surface area contributed by atoms with E-state index in [1.54, 1.807) is 11.1 Å². The summed E-state index contributed by atoms with van der Waals surface area (Å²) in [6, 6.07) is 8.21. The number of hydrogen-bond donors (Lipinski definition) is 1. The molecule has 0 bridgehead atoms. The number of carbonyl (C=O) groups is 1. The molecule has 1 unspecified atom stereocenters. The van der Waals surface area contributed by atoms with Crippen LogP contribution >= 0.6 is 0 Å². The van der Waals surface area contributed by atoms with Gasteiger partial charge in [-0.2, -0.15) is 0 Å². The van der Waals surface area contributed by atoms with Crippen molar-refractivity contribution in [3.8, 4) is 0 Å². The third-order valence-electron chi connectivity index (χ3n) is 3.75. The normalized spacial score (nSPS) is 11.8. The predicted octanol–water partition coefficient (Wildman–Crippen LogP) is 3.66. The Hall–Kier alpha value is -2.43. The lowest BCUT2D eigenvalue weighted by Gasteiger charge is -2.21. The van der Waals surface area contributed by atoms with Crippen LogP contribution in [0.25, 0.3) is 0 Å². The molecule has 0 aliphatic carbocycles. The van der Waals surface area contributed by atoms with Crippen molar-refractivity contribution in [3.05, 3.63) is 47.9 Å². The van der Waals surface area contributed by atoms with Crippen LogP contribution in [-0.4, -0.2) is 28.5 Å². The molecule has 5 heteroatoms. The maximum Gasteiger partial charge on any atom is 0.278 e. The van der Waals surface area contributed by atoms with Crippen molar-refractivity contribution in [1.82, 2.24) is 9.97 Å². The van der Waals surface area contributed by atoms with Crippen LogP contribution in [0.1, 0.15) is 43.2 Å². The highest BCUT2D eigenvalue weighted by molar-refractivity contribution is 6.04. The summed E-state index contributed by atoms with van der Waals surface area (Å²) in [6.45, 7) is 8.72. The predicted molar refractivity (Wildman–Crippen MR) is 93.9 cm³/mol. The third-order valence-corrected chi connectivity index (χ3v) is 3.75. The Balaban J connectivity index is 2.18. The summed E-state index contributed by atoms with van der Waals surface area (Å²) in [5, 5.41) is 3.24. The highest BCUT2D eigenvalue weighted by Crippen LogP contribution is 2.18. The lowest BCUT2D eigenvalue weighted by molar-refractivity contribution is 0.0983. The van der Waals surface area contributed by atoms with Gasteiger partial charge in [0.25, 0.3) is 5.91 Å². The second kappa shape index (κ2) is 7.72. The first-order chi connectivity index (χ1) is 11.0. The number of carbonyl (C=O) groups excluding carboxylic acids is 1. The number of benzene rings is 1. The number of aryl methyl sites for hydroxylation is 1. The van der Waals surface area contributed by atoms with Gasteiger partial charge in [-0.05, 0) is 44.9 Å². The Morgan fingerprint density at radius 1 is 1.26 bits per heavy atom. The molecule has 1 N–H and O–H groups in total. The van der Waals surface area contributed by atoms with Crippen LogP contribution < -0.4 is 10.2 Å². The highest BCUT2D eigenvalue weighted by Gasteiger charge is 2.18. The molecule has 0 saturated carbocycles. The van der Waals surface area contributed by atoms with Gasteiger partial charge in [0, 0.05) is 18.3 Å². The zero-order valence-corrected chi connectivity index (χ0v) is 14.2. The molecule has 1 heterocycles.